The topological polar surface area (TPSA) is 77.3 Å². The molecule has 8 aromatic rings. The van der Waals surface area contributed by atoms with E-state index in [4.69, 9.17) is 58.0 Å². The van der Waals surface area contributed by atoms with Gasteiger partial charge in [0.25, 0.3) is 0 Å². The molecule has 0 atom stereocenters. The van der Waals surface area contributed by atoms with Crippen molar-refractivity contribution in [2.45, 2.75) is 7.43 Å². The predicted molar refractivity (Wildman–Crippen MR) is 223 cm³/mol. The largest absolute Gasteiger partial charge is 2.00 e. The maximum absolute atomic E-state index is 5.80. The van der Waals surface area contributed by atoms with Gasteiger partial charge in [-0.2, -0.15) is 29.9 Å². The smallest absolute Gasteiger partial charge is 1.00 e. The first-order chi connectivity index (χ1) is 23.3. The van der Waals surface area contributed by atoms with E-state index in [1.807, 2.05) is 78.9 Å². The van der Waals surface area contributed by atoms with Gasteiger partial charge in [-0.05, 0) is 85.6 Å². The van der Waals surface area contributed by atoms with E-state index >= 15 is 0 Å². The molecule has 0 unspecified atom stereocenters. The maximum atomic E-state index is 5.80. The van der Waals surface area contributed by atoms with Crippen molar-refractivity contribution in [1.29, 1.82) is 0 Å². The van der Waals surface area contributed by atoms with Gasteiger partial charge in [-0.15, -0.1) is 47.2 Å². The Bertz CT molecular complexity index is 2190. The molecule has 0 N–H and O–H groups in total. The molecule has 0 fully saturated rings. The fourth-order valence-electron chi connectivity index (χ4n) is 4.42. The third kappa shape index (κ3) is 14.4. The Kier molecular flexibility index (Phi) is 22.6. The minimum atomic E-state index is 0. The van der Waals surface area contributed by atoms with Crippen molar-refractivity contribution in [2.75, 3.05) is 0 Å². The van der Waals surface area contributed by atoms with Crippen molar-refractivity contribution in [1.82, 2.24) is 29.9 Å². The molecule has 15 heteroatoms. The summed E-state index contributed by atoms with van der Waals surface area (Å²) in [5, 5.41) is 7.35. The zero-order chi connectivity index (χ0) is 33.9. The summed E-state index contributed by atoms with van der Waals surface area (Å²) < 4.78 is 1.16. The monoisotopic (exact) mass is 936 g/mol. The molecule has 0 radical (unpaired) electrons. The van der Waals surface area contributed by atoms with Gasteiger partial charge < -0.3 is 19.8 Å². The van der Waals surface area contributed by atoms with Crippen molar-refractivity contribution in [3.8, 4) is 11.4 Å². The number of rotatable bonds is 1. The number of aromatic nitrogens is 6. The maximum Gasteiger partial charge on any atom is 2.00 e. The van der Waals surface area contributed by atoms with E-state index in [0.717, 1.165) is 20.8 Å². The van der Waals surface area contributed by atoms with Crippen molar-refractivity contribution in [3.63, 3.8) is 0 Å². The van der Waals surface area contributed by atoms with Crippen LogP contribution in [0.5, 0.6) is 0 Å². The van der Waals surface area contributed by atoms with E-state index in [2.05, 4.69) is 100 Å². The van der Waals surface area contributed by atoms with Crippen LogP contribution in [0.4, 0.5) is 0 Å². The summed E-state index contributed by atoms with van der Waals surface area (Å²) >= 11 is 31.1. The third-order valence-corrected chi connectivity index (χ3v) is 8.01. The summed E-state index contributed by atoms with van der Waals surface area (Å²) in [4.78, 5) is 22.4. The van der Waals surface area contributed by atoms with Crippen molar-refractivity contribution < 1.29 is 19.8 Å². The summed E-state index contributed by atoms with van der Waals surface area (Å²) in [5.41, 5.74) is 0.888. The van der Waals surface area contributed by atoms with Gasteiger partial charge in [0.05, 0.1) is 0 Å². The van der Waals surface area contributed by atoms with Gasteiger partial charge in [-0.25, -0.2) is 0 Å². The van der Waals surface area contributed by atoms with Crippen LogP contribution in [0.2, 0.25) is 26.4 Å². The summed E-state index contributed by atoms with van der Waals surface area (Å²) in [6.07, 6.45) is 0. The minimum Gasteiger partial charge on any atom is -1.00 e. The number of benzene rings is 6. The van der Waals surface area contributed by atoms with E-state index in [0.29, 0.717) is 5.82 Å². The Morgan fingerprint density at radius 1 is 0.462 bits per heavy atom. The second kappa shape index (κ2) is 24.5. The van der Waals surface area contributed by atoms with E-state index in [1.165, 1.54) is 21.5 Å². The van der Waals surface area contributed by atoms with Crippen LogP contribution in [-0.2, 0) is 0 Å². The fraction of sp³-hybridized carbons (Fsp3) is 0.0270. The second-order valence-corrected chi connectivity index (χ2v) is 12.1. The summed E-state index contributed by atoms with van der Waals surface area (Å²) in [6.45, 7) is 0. The molecule has 6 nitrogen and oxygen atoms in total. The van der Waals surface area contributed by atoms with E-state index in [1.54, 1.807) is 0 Å². The van der Waals surface area contributed by atoms with Crippen molar-refractivity contribution in [3.05, 3.63) is 164 Å². The first-order valence-corrected chi connectivity index (χ1v) is 16.7. The molecule has 0 aliphatic heterocycles. The summed E-state index contributed by atoms with van der Waals surface area (Å²) in [6, 6.07) is 45.8. The molecule has 0 aliphatic rings. The van der Waals surface area contributed by atoms with Gasteiger partial charge in [0, 0.05) is 10.0 Å². The molecule has 0 amide bonds. The second-order valence-electron chi connectivity index (χ2n) is 9.58. The SMILES string of the molecule is Brc1cccc2ccccc12.C.Clc1nc(Cl)nc(-c2cccc3ccccc23)n1.Clc1nc(Cl)nc(Cl)n1.[Br-].[H-].[H-].[Mg+2].[Mg+2].[c-]1cccc2ccccc12. The molecule has 0 spiro atoms. The van der Waals surface area contributed by atoms with Crippen molar-refractivity contribution >= 4 is 152 Å². The molecular weight excluding hydrogens is 914 g/mol. The summed E-state index contributed by atoms with van der Waals surface area (Å²) in [7, 11) is 0. The van der Waals surface area contributed by atoms with Gasteiger partial charge in [0.2, 0.25) is 26.4 Å². The Labute approximate surface area is 381 Å². The minimum absolute atomic E-state index is 0. The van der Waals surface area contributed by atoms with Gasteiger partial charge in [-0.3, -0.25) is 0 Å². The van der Waals surface area contributed by atoms with Crippen LogP contribution in [0.15, 0.2) is 132 Å². The molecule has 6 aromatic carbocycles. The van der Waals surface area contributed by atoms with Gasteiger partial charge in [-0.1, -0.05) is 114 Å². The molecule has 258 valence electrons. The number of nitrogens with zero attached hydrogens (tertiary/aromatic N) is 6. The zero-order valence-corrected chi connectivity index (χ0v) is 36.1. The molecule has 2 aromatic heterocycles. The van der Waals surface area contributed by atoms with E-state index < -0.39 is 0 Å². The van der Waals surface area contributed by atoms with Crippen LogP contribution in [0.1, 0.15) is 10.3 Å². The van der Waals surface area contributed by atoms with Crippen LogP contribution in [0.3, 0.4) is 0 Å². The fourth-order valence-corrected chi connectivity index (χ4v) is 5.91. The third-order valence-electron chi connectivity index (χ3n) is 6.47. The molecule has 2 heterocycles. The van der Waals surface area contributed by atoms with Crippen molar-refractivity contribution in [2.24, 2.45) is 0 Å². The predicted octanol–water partition coefficient (Wildman–Crippen LogP) is 9.18. The number of halogens is 7. The zero-order valence-electron chi connectivity index (χ0n) is 28.4. The standard InChI is InChI=1S/C13H7Cl2N3.C10H7Br.C10H7.C3Cl3N3.CH4.BrH.2Mg.2H/c14-12-16-11(17-13(15)18-12)10-7-3-5-8-4-1-2-6-9(8)10;11-10-7-3-5-8-4-1-2-6-9(8)10;1-2-6-10-8-4-3-7-9(10)5-1;4-1-7-2(5)9-3(6)8-1;;;;;;/h1-7H;1-7H;1-7H;;1H4;1H;;;;/q;;-1;;;;2*+2;2*-1/p-1. The summed E-state index contributed by atoms with van der Waals surface area (Å²) in [5.74, 6) is 0.483. The molecule has 0 aliphatic carbocycles. The Balaban J connectivity index is 0. The quantitative estimate of drug-likeness (QED) is 0.121. The average molecular weight is 941 g/mol. The van der Waals surface area contributed by atoms with Crippen LogP contribution in [0, 0.1) is 6.07 Å². The Hall–Kier alpha value is -1.94. The molecular formula is C37H27Br2Cl5Mg2N6. The van der Waals surface area contributed by atoms with Gasteiger partial charge in [0.15, 0.2) is 5.82 Å². The van der Waals surface area contributed by atoms with Crippen LogP contribution in [0.25, 0.3) is 43.7 Å². The molecule has 0 bridgehead atoms. The molecule has 0 saturated heterocycles. The molecule has 0 saturated carbocycles. The average Bonchev–Trinajstić information content (AvgIpc) is 3.08. The molecule has 52 heavy (non-hydrogen) atoms. The van der Waals surface area contributed by atoms with Crippen LogP contribution < -0.4 is 17.0 Å². The van der Waals surface area contributed by atoms with Crippen LogP contribution in [-0.4, -0.2) is 76.0 Å². The van der Waals surface area contributed by atoms with Gasteiger partial charge in [0.1, 0.15) is 0 Å². The first kappa shape index (κ1) is 48.1. The van der Waals surface area contributed by atoms with E-state index in [-0.39, 0.29) is 99.8 Å². The number of fused-ring (bicyclic) bond motifs is 3. The van der Waals surface area contributed by atoms with Crippen LogP contribution >= 0.6 is 73.9 Å². The van der Waals surface area contributed by atoms with E-state index in [9.17, 15) is 0 Å². The normalized spacial score (nSPS) is 9.50. The Morgan fingerprint density at radius 3 is 1.40 bits per heavy atom. The molecule has 8 rings (SSSR count). The first-order valence-electron chi connectivity index (χ1n) is 14.0. The number of hydrogen-bond donors (Lipinski definition) is 0. The number of hydrogen-bond acceptors (Lipinski definition) is 6. The van der Waals surface area contributed by atoms with Gasteiger partial charge >= 0.3 is 46.1 Å². The Morgan fingerprint density at radius 2 is 0.865 bits per heavy atom.